The van der Waals surface area contributed by atoms with E-state index < -0.39 is 17.8 Å². The molecule has 1 aliphatic rings. The Morgan fingerprint density at radius 2 is 2.04 bits per heavy atom. The Balaban J connectivity index is 1.85. The molecule has 0 unspecified atom stereocenters. The van der Waals surface area contributed by atoms with Gasteiger partial charge >= 0.3 is 11.9 Å². The van der Waals surface area contributed by atoms with Gasteiger partial charge in [-0.3, -0.25) is 4.79 Å². The fraction of sp³-hybridized carbons (Fsp3) is 0.278. The summed E-state index contributed by atoms with van der Waals surface area (Å²) in [5.74, 6) is -1.58. The lowest BCUT2D eigenvalue weighted by Crippen LogP contribution is -2.29. The molecule has 1 heterocycles. The van der Waals surface area contributed by atoms with Crippen molar-refractivity contribution in [1.82, 2.24) is 4.90 Å². The van der Waals surface area contributed by atoms with Crippen LogP contribution in [0.1, 0.15) is 12.5 Å². The maximum atomic E-state index is 13.4. The summed E-state index contributed by atoms with van der Waals surface area (Å²) < 4.78 is 23.3. The summed E-state index contributed by atoms with van der Waals surface area (Å²) in [5.41, 5.74) is 0.273. The third-order valence-corrected chi connectivity index (χ3v) is 4.33. The van der Waals surface area contributed by atoms with E-state index in [1.165, 1.54) is 40.9 Å². The van der Waals surface area contributed by atoms with Crippen molar-refractivity contribution < 1.29 is 28.2 Å². The molecular weight excluding hydrogens is 361 g/mol. The Morgan fingerprint density at radius 1 is 1.27 bits per heavy atom. The predicted molar refractivity (Wildman–Crippen MR) is 95.3 cm³/mol. The van der Waals surface area contributed by atoms with Crippen molar-refractivity contribution in [2.75, 3.05) is 25.5 Å². The number of ether oxygens (including phenoxy) is 2. The quantitative estimate of drug-likeness (QED) is 0.535. The molecule has 6 nitrogen and oxygen atoms in total. The van der Waals surface area contributed by atoms with E-state index in [9.17, 15) is 18.8 Å². The van der Waals surface area contributed by atoms with E-state index in [1.807, 2.05) is 0 Å². The first-order valence-corrected chi connectivity index (χ1v) is 8.90. The van der Waals surface area contributed by atoms with Crippen molar-refractivity contribution in [2.45, 2.75) is 6.92 Å². The molecule has 1 amide bonds. The fourth-order valence-electron chi connectivity index (χ4n) is 2.11. The molecule has 0 N–H and O–H groups in total. The SMILES string of the molecule is CCOC(=O)/C=C1\SCC(=O)N1CCOC(=O)/C=C/c1ccccc1F. The van der Waals surface area contributed by atoms with E-state index in [1.54, 1.807) is 19.1 Å². The molecule has 1 aliphatic heterocycles. The van der Waals surface area contributed by atoms with E-state index in [0.717, 1.165) is 6.08 Å². The minimum atomic E-state index is -0.650. The summed E-state index contributed by atoms with van der Waals surface area (Å²) in [5, 5.41) is 0.464. The first kappa shape index (κ1) is 19.7. The summed E-state index contributed by atoms with van der Waals surface area (Å²) in [6, 6.07) is 6.03. The third kappa shape index (κ3) is 5.73. The van der Waals surface area contributed by atoms with Crippen LogP contribution in [0.4, 0.5) is 4.39 Å². The van der Waals surface area contributed by atoms with Crippen molar-refractivity contribution >= 4 is 35.7 Å². The Hall–Kier alpha value is -2.61. The molecule has 2 rings (SSSR count). The molecule has 1 aromatic carbocycles. The Kier molecular flexibility index (Phi) is 7.40. The zero-order chi connectivity index (χ0) is 18.9. The van der Waals surface area contributed by atoms with Crippen LogP contribution in [0.25, 0.3) is 6.08 Å². The second kappa shape index (κ2) is 9.76. The summed E-state index contributed by atoms with van der Waals surface area (Å²) in [7, 11) is 0. The molecule has 0 saturated carbocycles. The number of esters is 2. The van der Waals surface area contributed by atoms with E-state index in [-0.39, 0.29) is 37.0 Å². The Morgan fingerprint density at radius 3 is 2.77 bits per heavy atom. The van der Waals surface area contributed by atoms with Crippen molar-refractivity contribution in [1.29, 1.82) is 0 Å². The molecule has 8 heteroatoms. The van der Waals surface area contributed by atoms with Crippen molar-refractivity contribution in [3.8, 4) is 0 Å². The lowest BCUT2D eigenvalue weighted by atomic mass is 10.2. The summed E-state index contributed by atoms with van der Waals surface area (Å²) in [6.07, 6.45) is 3.69. The third-order valence-electron chi connectivity index (χ3n) is 3.30. The monoisotopic (exact) mass is 379 g/mol. The number of hydrogen-bond donors (Lipinski definition) is 0. The lowest BCUT2D eigenvalue weighted by molar-refractivity contribution is -0.140. The highest BCUT2D eigenvalue weighted by Crippen LogP contribution is 2.28. The molecule has 1 fully saturated rings. The number of amides is 1. The van der Waals surface area contributed by atoms with Gasteiger partial charge < -0.3 is 14.4 Å². The maximum absolute atomic E-state index is 13.4. The molecule has 0 bridgehead atoms. The maximum Gasteiger partial charge on any atom is 0.333 e. The molecule has 1 aromatic rings. The zero-order valence-electron chi connectivity index (χ0n) is 14.1. The highest BCUT2D eigenvalue weighted by molar-refractivity contribution is 8.04. The second-order valence-electron chi connectivity index (χ2n) is 5.09. The fourth-order valence-corrected chi connectivity index (χ4v) is 3.06. The van der Waals surface area contributed by atoms with Gasteiger partial charge in [0.1, 0.15) is 12.4 Å². The minimum Gasteiger partial charge on any atom is -0.463 e. The van der Waals surface area contributed by atoms with Gasteiger partial charge in [-0.2, -0.15) is 0 Å². The molecule has 1 saturated heterocycles. The standard InChI is InChI=1S/C18H18FNO5S/c1-2-24-18(23)11-16-20(15(21)12-26-16)9-10-25-17(22)8-7-13-5-3-4-6-14(13)19/h3-8,11H,2,9-10,12H2,1H3/b8-7+,16-11-. The van der Waals surface area contributed by atoms with Crippen LogP contribution in [-0.2, 0) is 23.9 Å². The summed E-state index contributed by atoms with van der Waals surface area (Å²) in [4.78, 5) is 36.4. The van der Waals surface area contributed by atoms with Gasteiger partial charge in [-0.1, -0.05) is 30.0 Å². The van der Waals surface area contributed by atoms with Crippen LogP contribution >= 0.6 is 11.8 Å². The van der Waals surface area contributed by atoms with Gasteiger partial charge in [0.05, 0.1) is 30.0 Å². The molecule has 0 aromatic heterocycles. The van der Waals surface area contributed by atoms with Gasteiger partial charge in [0.25, 0.3) is 0 Å². The van der Waals surface area contributed by atoms with E-state index in [2.05, 4.69) is 0 Å². The first-order valence-electron chi connectivity index (χ1n) is 7.92. The van der Waals surface area contributed by atoms with Crippen LogP contribution in [0, 0.1) is 5.82 Å². The number of benzene rings is 1. The zero-order valence-corrected chi connectivity index (χ0v) is 15.0. The Labute approximate surface area is 154 Å². The van der Waals surface area contributed by atoms with E-state index in [0.29, 0.717) is 5.03 Å². The molecule has 0 aliphatic carbocycles. The van der Waals surface area contributed by atoms with Crippen LogP contribution < -0.4 is 0 Å². The van der Waals surface area contributed by atoms with Crippen LogP contribution in [-0.4, -0.2) is 48.3 Å². The van der Waals surface area contributed by atoms with Gasteiger partial charge in [0.2, 0.25) is 5.91 Å². The average molecular weight is 379 g/mol. The average Bonchev–Trinajstić information content (AvgIpc) is 2.94. The van der Waals surface area contributed by atoms with Crippen LogP contribution in [0.2, 0.25) is 0 Å². The summed E-state index contributed by atoms with van der Waals surface area (Å²) in [6.45, 7) is 2.01. The smallest absolute Gasteiger partial charge is 0.333 e. The molecule has 26 heavy (non-hydrogen) atoms. The number of hydrogen-bond acceptors (Lipinski definition) is 6. The Bertz CT molecular complexity index is 747. The molecule has 138 valence electrons. The molecular formula is C18H18FNO5S. The van der Waals surface area contributed by atoms with Crippen molar-refractivity contribution in [3.63, 3.8) is 0 Å². The highest BCUT2D eigenvalue weighted by atomic mass is 32.2. The molecule has 0 atom stereocenters. The lowest BCUT2D eigenvalue weighted by Gasteiger charge is -2.16. The van der Waals surface area contributed by atoms with E-state index in [4.69, 9.17) is 9.47 Å². The molecule has 0 radical (unpaired) electrons. The number of nitrogens with zero attached hydrogens (tertiary/aromatic N) is 1. The first-order chi connectivity index (χ1) is 12.5. The number of carbonyl (C=O) groups is 3. The van der Waals surface area contributed by atoms with Gasteiger partial charge in [0, 0.05) is 11.6 Å². The minimum absolute atomic E-state index is 0.0487. The molecule has 0 spiro atoms. The van der Waals surface area contributed by atoms with Crippen LogP contribution in [0.15, 0.2) is 41.4 Å². The largest absolute Gasteiger partial charge is 0.463 e. The second-order valence-corrected chi connectivity index (χ2v) is 6.09. The number of carbonyl (C=O) groups excluding carboxylic acids is 3. The summed E-state index contributed by atoms with van der Waals surface area (Å²) >= 11 is 1.22. The highest BCUT2D eigenvalue weighted by Gasteiger charge is 2.27. The topological polar surface area (TPSA) is 72.9 Å². The van der Waals surface area contributed by atoms with Gasteiger partial charge in [0.15, 0.2) is 0 Å². The van der Waals surface area contributed by atoms with Gasteiger partial charge in [-0.25, -0.2) is 14.0 Å². The number of rotatable bonds is 7. The van der Waals surface area contributed by atoms with Crippen LogP contribution in [0.3, 0.4) is 0 Å². The van der Waals surface area contributed by atoms with E-state index >= 15 is 0 Å². The normalized spacial score (nSPS) is 15.7. The van der Waals surface area contributed by atoms with Crippen molar-refractivity contribution in [3.05, 3.63) is 52.8 Å². The number of halogens is 1. The number of thioether (sulfide) groups is 1. The predicted octanol–water partition coefficient (Wildman–Crippen LogP) is 2.36. The van der Waals surface area contributed by atoms with Crippen LogP contribution in [0.5, 0.6) is 0 Å². The van der Waals surface area contributed by atoms with Gasteiger partial charge in [-0.05, 0) is 19.1 Å². The van der Waals surface area contributed by atoms with Gasteiger partial charge in [-0.15, -0.1) is 0 Å². The van der Waals surface area contributed by atoms with Crippen molar-refractivity contribution in [2.24, 2.45) is 0 Å².